The molecule has 0 spiro atoms. The Labute approximate surface area is 140 Å². The first-order valence-corrected chi connectivity index (χ1v) is 7.88. The Morgan fingerprint density at radius 3 is 2.58 bits per heavy atom. The Morgan fingerprint density at radius 2 is 1.88 bits per heavy atom. The highest BCUT2D eigenvalue weighted by atomic mass is 19.1. The molecular weight excluding hydrogens is 311 g/mol. The van der Waals surface area contributed by atoms with Crippen LogP contribution in [0.1, 0.15) is 23.3 Å². The first-order valence-electron chi connectivity index (χ1n) is 7.88. The maximum atomic E-state index is 13.6. The van der Waals surface area contributed by atoms with Crippen molar-refractivity contribution in [3.05, 3.63) is 54.1 Å². The molecule has 1 fully saturated rings. The largest absolute Gasteiger partial charge is 0.494 e. The normalized spacial score (nSPS) is 15.2. The number of piperidine rings is 1. The van der Waals surface area contributed by atoms with Gasteiger partial charge in [0.25, 0.3) is 5.91 Å². The van der Waals surface area contributed by atoms with Gasteiger partial charge in [-0.2, -0.15) is 0 Å². The number of rotatable bonds is 4. The van der Waals surface area contributed by atoms with Crippen molar-refractivity contribution in [1.82, 2.24) is 9.88 Å². The van der Waals surface area contributed by atoms with E-state index < -0.39 is 0 Å². The van der Waals surface area contributed by atoms with Gasteiger partial charge in [-0.3, -0.25) is 4.79 Å². The Bertz CT molecular complexity index is 715. The first kappa shape index (κ1) is 16.2. The van der Waals surface area contributed by atoms with E-state index in [-0.39, 0.29) is 23.6 Å². The van der Waals surface area contributed by atoms with Crippen molar-refractivity contribution in [3.63, 3.8) is 0 Å². The second-order valence-electron chi connectivity index (χ2n) is 5.59. The third-order valence-corrected chi connectivity index (χ3v) is 4.05. The summed E-state index contributed by atoms with van der Waals surface area (Å²) in [5.41, 5.74) is 0.313. The van der Waals surface area contributed by atoms with Crippen LogP contribution < -0.4 is 9.47 Å². The van der Waals surface area contributed by atoms with Gasteiger partial charge < -0.3 is 14.4 Å². The van der Waals surface area contributed by atoms with Gasteiger partial charge in [-0.1, -0.05) is 12.1 Å². The van der Waals surface area contributed by atoms with Gasteiger partial charge in [0.2, 0.25) is 0 Å². The molecule has 2 heterocycles. The van der Waals surface area contributed by atoms with Crippen LogP contribution in [0.3, 0.4) is 0 Å². The molecule has 1 aliphatic heterocycles. The van der Waals surface area contributed by atoms with E-state index in [1.165, 1.54) is 13.2 Å². The number of carbonyl (C=O) groups excluding carboxylic acids is 1. The summed E-state index contributed by atoms with van der Waals surface area (Å²) in [5, 5.41) is 0. The molecule has 0 saturated carbocycles. The van der Waals surface area contributed by atoms with E-state index >= 15 is 0 Å². The Kier molecular flexibility index (Phi) is 4.93. The van der Waals surface area contributed by atoms with Crippen molar-refractivity contribution in [1.29, 1.82) is 0 Å². The molecule has 5 nitrogen and oxygen atoms in total. The van der Waals surface area contributed by atoms with Gasteiger partial charge in [-0.25, -0.2) is 9.37 Å². The lowest BCUT2D eigenvalue weighted by atomic mass is 10.1. The van der Waals surface area contributed by atoms with Crippen molar-refractivity contribution in [3.8, 4) is 11.5 Å². The first-order chi connectivity index (χ1) is 11.7. The minimum absolute atomic E-state index is 0.100. The highest BCUT2D eigenvalue weighted by molar-refractivity contribution is 5.95. The average molecular weight is 330 g/mol. The number of ether oxygens (including phenoxy) is 2. The third kappa shape index (κ3) is 3.48. The zero-order valence-electron chi connectivity index (χ0n) is 13.4. The number of nitrogens with zero attached hydrogens (tertiary/aromatic N) is 2. The van der Waals surface area contributed by atoms with Crippen molar-refractivity contribution < 1.29 is 18.7 Å². The highest BCUT2D eigenvalue weighted by Gasteiger charge is 2.27. The maximum absolute atomic E-state index is 13.6. The number of halogens is 1. The molecule has 0 N–H and O–H groups in total. The van der Waals surface area contributed by atoms with Crippen molar-refractivity contribution in [2.24, 2.45) is 0 Å². The molecule has 3 rings (SSSR count). The molecule has 0 bridgehead atoms. The molecule has 2 aromatic rings. The SMILES string of the molecule is COc1cccnc1C(=O)N1CCC(Oc2ccccc2F)CC1. The number of pyridine rings is 1. The Balaban J connectivity index is 1.61. The minimum Gasteiger partial charge on any atom is -0.494 e. The molecule has 1 saturated heterocycles. The highest BCUT2D eigenvalue weighted by Crippen LogP contribution is 2.23. The lowest BCUT2D eigenvalue weighted by Crippen LogP contribution is -2.42. The van der Waals surface area contributed by atoms with Crippen LogP contribution in [0, 0.1) is 5.82 Å². The predicted octanol–water partition coefficient (Wildman–Crippen LogP) is 2.91. The van der Waals surface area contributed by atoms with Crippen molar-refractivity contribution >= 4 is 5.91 Å². The van der Waals surface area contributed by atoms with Gasteiger partial charge >= 0.3 is 0 Å². The van der Waals surface area contributed by atoms with Gasteiger partial charge in [-0.15, -0.1) is 0 Å². The summed E-state index contributed by atoms with van der Waals surface area (Å²) in [7, 11) is 1.52. The number of carbonyl (C=O) groups is 1. The van der Waals surface area contributed by atoms with E-state index in [0.29, 0.717) is 37.4 Å². The number of benzene rings is 1. The lowest BCUT2D eigenvalue weighted by molar-refractivity contribution is 0.0580. The molecule has 6 heteroatoms. The quantitative estimate of drug-likeness (QED) is 0.865. The van der Waals surface area contributed by atoms with Crippen LogP contribution in [0.15, 0.2) is 42.6 Å². The monoisotopic (exact) mass is 330 g/mol. The number of methoxy groups -OCH3 is 1. The smallest absolute Gasteiger partial charge is 0.276 e. The van der Waals surface area contributed by atoms with Crippen LogP contribution in [0.4, 0.5) is 4.39 Å². The van der Waals surface area contributed by atoms with E-state index in [4.69, 9.17) is 9.47 Å². The summed E-state index contributed by atoms with van der Waals surface area (Å²) in [6, 6.07) is 9.81. The molecule has 126 valence electrons. The zero-order chi connectivity index (χ0) is 16.9. The second-order valence-corrected chi connectivity index (χ2v) is 5.59. The summed E-state index contributed by atoms with van der Waals surface area (Å²) < 4.78 is 24.5. The molecule has 0 atom stereocenters. The van der Waals surface area contributed by atoms with E-state index in [1.807, 2.05) is 0 Å². The van der Waals surface area contributed by atoms with Gasteiger partial charge in [0.1, 0.15) is 11.9 Å². The predicted molar refractivity (Wildman–Crippen MR) is 86.7 cm³/mol. The number of amides is 1. The average Bonchev–Trinajstić information content (AvgIpc) is 2.63. The van der Waals surface area contributed by atoms with Crippen LogP contribution >= 0.6 is 0 Å². The number of hydrogen-bond donors (Lipinski definition) is 0. The van der Waals surface area contributed by atoms with Gasteiger partial charge in [0.05, 0.1) is 7.11 Å². The lowest BCUT2D eigenvalue weighted by Gasteiger charge is -2.32. The Morgan fingerprint density at radius 1 is 1.17 bits per heavy atom. The fourth-order valence-electron chi connectivity index (χ4n) is 2.76. The molecule has 0 unspecified atom stereocenters. The zero-order valence-corrected chi connectivity index (χ0v) is 13.4. The molecule has 0 radical (unpaired) electrons. The molecule has 0 aliphatic carbocycles. The van der Waals surface area contributed by atoms with E-state index in [1.54, 1.807) is 41.4 Å². The Hall–Kier alpha value is -2.63. The molecule has 1 aromatic carbocycles. The molecule has 24 heavy (non-hydrogen) atoms. The second kappa shape index (κ2) is 7.29. The summed E-state index contributed by atoms with van der Waals surface area (Å²) in [6.45, 7) is 1.08. The van der Waals surface area contributed by atoms with Crippen LogP contribution in [0.25, 0.3) is 0 Å². The standard InChI is InChI=1S/C18H19FN2O3/c1-23-16-7-4-10-20-17(16)18(22)21-11-8-13(9-12-21)24-15-6-3-2-5-14(15)19/h2-7,10,13H,8-9,11-12H2,1H3. The topological polar surface area (TPSA) is 51.7 Å². The van der Waals surface area contributed by atoms with Crippen molar-refractivity contribution in [2.45, 2.75) is 18.9 Å². The fourth-order valence-corrected chi connectivity index (χ4v) is 2.76. The number of aromatic nitrogens is 1. The summed E-state index contributed by atoms with van der Waals surface area (Å²) >= 11 is 0. The minimum atomic E-state index is -0.366. The van der Waals surface area contributed by atoms with Crippen LogP contribution in [0.2, 0.25) is 0 Å². The van der Waals surface area contributed by atoms with E-state index in [0.717, 1.165) is 0 Å². The summed E-state index contributed by atoms with van der Waals surface area (Å²) in [4.78, 5) is 18.4. The van der Waals surface area contributed by atoms with E-state index in [9.17, 15) is 9.18 Å². The van der Waals surface area contributed by atoms with Crippen molar-refractivity contribution in [2.75, 3.05) is 20.2 Å². The van der Waals surface area contributed by atoms with Gasteiger partial charge in [0, 0.05) is 32.1 Å². The fraction of sp³-hybridized carbons (Fsp3) is 0.333. The van der Waals surface area contributed by atoms with Crippen LogP contribution in [-0.2, 0) is 0 Å². The molecule has 1 aliphatic rings. The summed E-state index contributed by atoms with van der Waals surface area (Å²) in [5.74, 6) is 0.201. The molecule has 1 aromatic heterocycles. The number of hydrogen-bond acceptors (Lipinski definition) is 4. The van der Waals surface area contributed by atoms with Crippen LogP contribution in [-0.4, -0.2) is 42.1 Å². The third-order valence-electron chi connectivity index (χ3n) is 4.05. The van der Waals surface area contributed by atoms with Gasteiger partial charge in [-0.05, 0) is 24.3 Å². The molecular formula is C18H19FN2O3. The molecule has 1 amide bonds. The maximum Gasteiger partial charge on any atom is 0.276 e. The number of para-hydroxylation sites is 1. The number of likely N-dealkylation sites (tertiary alicyclic amines) is 1. The summed E-state index contributed by atoms with van der Waals surface area (Å²) in [6.07, 6.45) is 2.77. The van der Waals surface area contributed by atoms with Gasteiger partial charge in [0.15, 0.2) is 17.3 Å². The van der Waals surface area contributed by atoms with Crippen LogP contribution in [0.5, 0.6) is 11.5 Å². The van der Waals surface area contributed by atoms with E-state index in [2.05, 4.69) is 4.98 Å².